The zero-order valence-corrected chi connectivity index (χ0v) is 15.9. The van der Waals surface area contributed by atoms with Crippen molar-refractivity contribution >= 4 is 33.4 Å². The minimum Gasteiger partial charge on any atom is -0.218 e. The molecule has 3 rings (SSSR count). The molecule has 0 fully saturated rings. The lowest BCUT2D eigenvalue weighted by Gasteiger charge is -2.17. The number of aromatic nitrogens is 4. The summed E-state index contributed by atoms with van der Waals surface area (Å²) in [5.41, 5.74) is 2.06. The zero-order chi connectivity index (χ0) is 19.1. The zero-order valence-electron chi connectivity index (χ0n) is 14.3. The first-order valence-corrected chi connectivity index (χ1v) is 9.43. The van der Waals surface area contributed by atoms with E-state index in [0.717, 1.165) is 9.87 Å². The number of sulfonamides is 1. The van der Waals surface area contributed by atoms with Crippen LogP contribution in [0.3, 0.4) is 0 Å². The van der Waals surface area contributed by atoms with E-state index in [1.807, 2.05) is 13.0 Å². The Bertz CT molecular complexity index is 1130. The normalized spacial score (nSPS) is 11.5. The predicted molar refractivity (Wildman–Crippen MR) is 96.6 cm³/mol. The molecular formula is C16H15ClN6O2S. The molecule has 2 heterocycles. The maximum Gasteiger partial charge on any atom is 0.267 e. The Morgan fingerprint density at radius 3 is 2.46 bits per heavy atom. The molecule has 0 aliphatic heterocycles. The Morgan fingerprint density at radius 1 is 1.19 bits per heavy atom. The van der Waals surface area contributed by atoms with Crippen LogP contribution in [0.5, 0.6) is 0 Å². The average molecular weight is 391 g/mol. The van der Waals surface area contributed by atoms with Crippen LogP contribution in [0.25, 0.3) is 5.78 Å². The summed E-state index contributed by atoms with van der Waals surface area (Å²) in [6.45, 7) is 4.87. The summed E-state index contributed by atoms with van der Waals surface area (Å²) in [5.74, 6) is 0.0748. The van der Waals surface area contributed by atoms with Crippen LogP contribution in [0, 0.1) is 32.1 Å². The van der Waals surface area contributed by atoms with Crippen molar-refractivity contribution in [2.45, 2.75) is 25.7 Å². The number of hydrogen-bond donors (Lipinski definition) is 0. The highest BCUT2D eigenvalue weighted by Gasteiger charge is 2.29. The van der Waals surface area contributed by atoms with Gasteiger partial charge in [-0.15, -0.1) is 5.10 Å². The van der Waals surface area contributed by atoms with Crippen molar-refractivity contribution in [3.05, 3.63) is 46.2 Å². The molecule has 0 aliphatic carbocycles. The number of anilines is 1. The summed E-state index contributed by atoms with van der Waals surface area (Å²) in [6.07, 6.45) is 0. The molecule has 0 atom stereocenters. The lowest BCUT2D eigenvalue weighted by molar-refractivity contribution is 0.592. The van der Waals surface area contributed by atoms with Gasteiger partial charge < -0.3 is 0 Å². The molecule has 0 spiro atoms. The van der Waals surface area contributed by atoms with Gasteiger partial charge in [0.2, 0.25) is 0 Å². The van der Waals surface area contributed by atoms with Crippen LogP contribution in [0.2, 0.25) is 5.02 Å². The van der Waals surface area contributed by atoms with Crippen LogP contribution in [0.1, 0.15) is 17.0 Å². The Labute approximate surface area is 155 Å². The lowest BCUT2D eigenvalue weighted by Crippen LogP contribution is -2.32. The molecule has 3 aromatic rings. The summed E-state index contributed by atoms with van der Waals surface area (Å²) in [6, 6.07) is 8.18. The van der Waals surface area contributed by atoms with Gasteiger partial charge >= 0.3 is 0 Å². The smallest absolute Gasteiger partial charge is 0.218 e. The molecule has 0 bridgehead atoms. The number of nitriles is 1. The van der Waals surface area contributed by atoms with Gasteiger partial charge in [0, 0.05) is 0 Å². The summed E-state index contributed by atoms with van der Waals surface area (Å²) in [5, 5.41) is 13.7. The molecule has 0 radical (unpaired) electrons. The van der Waals surface area contributed by atoms with Crippen LogP contribution in [-0.2, 0) is 10.0 Å². The molecule has 0 saturated carbocycles. The monoisotopic (exact) mass is 390 g/mol. The summed E-state index contributed by atoms with van der Waals surface area (Å²) in [7, 11) is -4.00. The number of fused-ring (bicyclic) bond motifs is 1. The van der Waals surface area contributed by atoms with Gasteiger partial charge in [0.25, 0.3) is 21.7 Å². The molecular weight excluding hydrogens is 376 g/mol. The SMILES string of the molecule is Cc1ccc(S(=O)(=O)N(CC#N)c2nc3nc(C)c(Cl)c(C)n3n2)cc1. The number of rotatable bonds is 4. The molecule has 0 unspecified atom stereocenters. The predicted octanol–water partition coefficient (Wildman–Crippen LogP) is 2.42. The van der Waals surface area contributed by atoms with Crippen LogP contribution in [-0.4, -0.2) is 34.5 Å². The van der Waals surface area contributed by atoms with E-state index in [2.05, 4.69) is 15.1 Å². The summed E-state index contributed by atoms with van der Waals surface area (Å²) >= 11 is 6.17. The minimum atomic E-state index is -4.00. The highest BCUT2D eigenvalue weighted by Crippen LogP contribution is 2.24. The maximum atomic E-state index is 13.0. The molecule has 0 amide bonds. The van der Waals surface area contributed by atoms with Gasteiger partial charge in [-0.05, 0) is 32.9 Å². The van der Waals surface area contributed by atoms with Crippen molar-refractivity contribution in [1.82, 2.24) is 19.6 Å². The van der Waals surface area contributed by atoms with E-state index in [9.17, 15) is 8.42 Å². The van der Waals surface area contributed by atoms with Gasteiger partial charge in [-0.2, -0.15) is 14.8 Å². The fourth-order valence-corrected chi connectivity index (χ4v) is 3.79. The van der Waals surface area contributed by atoms with Gasteiger partial charge in [-0.3, -0.25) is 0 Å². The molecule has 1 aromatic carbocycles. The molecule has 0 saturated heterocycles. The van der Waals surface area contributed by atoms with Crippen LogP contribution in [0.15, 0.2) is 29.2 Å². The largest absolute Gasteiger partial charge is 0.267 e. The quantitative estimate of drug-likeness (QED) is 0.633. The second-order valence-corrected chi connectivity index (χ2v) is 7.94. The van der Waals surface area contributed by atoms with Gasteiger partial charge in [0.15, 0.2) is 0 Å². The molecule has 10 heteroatoms. The van der Waals surface area contributed by atoms with E-state index >= 15 is 0 Å². The van der Waals surface area contributed by atoms with E-state index in [1.54, 1.807) is 26.0 Å². The second-order valence-electron chi connectivity index (χ2n) is 5.70. The first kappa shape index (κ1) is 18.1. The molecule has 8 nitrogen and oxygen atoms in total. The fourth-order valence-electron chi connectivity index (χ4n) is 2.42. The number of benzene rings is 1. The van der Waals surface area contributed by atoms with E-state index in [0.29, 0.717) is 16.4 Å². The average Bonchev–Trinajstić information content (AvgIpc) is 3.01. The van der Waals surface area contributed by atoms with Crippen LogP contribution >= 0.6 is 11.6 Å². The van der Waals surface area contributed by atoms with E-state index in [4.69, 9.17) is 16.9 Å². The number of halogens is 1. The third kappa shape index (κ3) is 2.98. The van der Waals surface area contributed by atoms with E-state index < -0.39 is 16.6 Å². The Balaban J connectivity index is 2.17. The van der Waals surface area contributed by atoms with E-state index in [1.165, 1.54) is 16.6 Å². The topological polar surface area (TPSA) is 104 Å². The lowest BCUT2D eigenvalue weighted by atomic mass is 10.2. The molecule has 0 N–H and O–H groups in total. The maximum absolute atomic E-state index is 13.0. The molecule has 0 aliphatic rings. The standard InChI is InChI=1S/C16H15ClN6O2S/c1-10-4-6-13(7-5-10)26(24,25)22(9-8-18)16-20-15-19-11(2)14(17)12(3)23(15)21-16/h4-7H,9H2,1-3H3. The highest BCUT2D eigenvalue weighted by atomic mass is 35.5. The van der Waals surface area contributed by atoms with E-state index in [-0.39, 0.29) is 16.6 Å². The van der Waals surface area contributed by atoms with Crippen molar-refractivity contribution in [2.24, 2.45) is 0 Å². The van der Waals surface area contributed by atoms with Gasteiger partial charge in [0.1, 0.15) is 6.54 Å². The number of hydrogen-bond acceptors (Lipinski definition) is 6. The molecule has 2 aromatic heterocycles. The first-order chi connectivity index (χ1) is 12.3. The van der Waals surface area contributed by atoms with Crippen molar-refractivity contribution in [1.29, 1.82) is 5.26 Å². The van der Waals surface area contributed by atoms with Gasteiger partial charge in [-0.1, -0.05) is 29.3 Å². The Hall–Kier alpha value is -2.70. The highest BCUT2D eigenvalue weighted by molar-refractivity contribution is 7.92. The van der Waals surface area contributed by atoms with Crippen LogP contribution < -0.4 is 4.31 Å². The minimum absolute atomic E-state index is 0.0519. The number of aryl methyl sites for hydroxylation is 3. The van der Waals surface area contributed by atoms with Gasteiger partial charge in [0.05, 0.1) is 27.4 Å². The summed E-state index contributed by atoms with van der Waals surface area (Å²) < 4.78 is 28.2. The fraction of sp³-hybridized carbons (Fsp3) is 0.250. The second kappa shape index (κ2) is 6.55. The van der Waals surface area contributed by atoms with Crippen molar-refractivity contribution in [2.75, 3.05) is 10.8 Å². The Kier molecular flexibility index (Phi) is 4.56. The van der Waals surface area contributed by atoms with Crippen LogP contribution in [0.4, 0.5) is 5.95 Å². The Morgan fingerprint density at radius 2 is 1.85 bits per heavy atom. The van der Waals surface area contributed by atoms with Crippen molar-refractivity contribution < 1.29 is 8.42 Å². The van der Waals surface area contributed by atoms with Crippen molar-refractivity contribution in [3.63, 3.8) is 0 Å². The summed E-state index contributed by atoms with van der Waals surface area (Å²) in [4.78, 5) is 8.45. The third-order valence-electron chi connectivity index (χ3n) is 3.85. The first-order valence-electron chi connectivity index (χ1n) is 7.61. The van der Waals surface area contributed by atoms with Crippen molar-refractivity contribution in [3.8, 4) is 6.07 Å². The van der Waals surface area contributed by atoms with Gasteiger partial charge in [-0.25, -0.2) is 17.7 Å². The molecule has 26 heavy (non-hydrogen) atoms. The molecule has 134 valence electrons. The third-order valence-corrected chi connectivity index (χ3v) is 6.13. The number of nitrogens with zero attached hydrogens (tertiary/aromatic N) is 6.